The summed E-state index contributed by atoms with van der Waals surface area (Å²) in [5, 5.41) is 2.70. The Balaban J connectivity index is 1.53. The fourth-order valence-electron chi connectivity index (χ4n) is 4.43. The topological polar surface area (TPSA) is 59.1 Å². The van der Waals surface area contributed by atoms with Gasteiger partial charge >= 0.3 is 0 Å². The number of carbonyl (C=O) groups is 2. The zero-order valence-corrected chi connectivity index (χ0v) is 22.3. The largest absolute Gasteiger partial charge is 0.497 e. The average Bonchev–Trinajstić information content (AvgIpc) is 3.36. The van der Waals surface area contributed by atoms with E-state index in [4.69, 9.17) is 21.1 Å². The van der Waals surface area contributed by atoms with Crippen molar-refractivity contribution in [1.82, 2.24) is 9.80 Å². The minimum atomic E-state index is -0.226. The van der Waals surface area contributed by atoms with Crippen LogP contribution < -0.4 is 9.47 Å². The Bertz CT molecular complexity index is 1190. The van der Waals surface area contributed by atoms with Crippen LogP contribution >= 0.6 is 22.9 Å². The van der Waals surface area contributed by atoms with Gasteiger partial charge in [0.1, 0.15) is 24.7 Å². The second kappa shape index (κ2) is 11.8. The molecule has 0 N–H and O–H groups in total. The van der Waals surface area contributed by atoms with E-state index in [2.05, 4.69) is 11.4 Å². The lowest BCUT2D eigenvalue weighted by Crippen LogP contribution is -2.48. The molecule has 0 spiro atoms. The Hall–Kier alpha value is -3.03. The van der Waals surface area contributed by atoms with Crippen molar-refractivity contribution in [3.05, 3.63) is 81.0 Å². The van der Waals surface area contributed by atoms with Gasteiger partial charge in [0.15, 0.2) is 0 Å². The summed E-state index contributed by atoms with van der Waals surface area (Å²) < 4.78 is 11.4. The second-order valence-corrected chi connectivity index (χ2v) is 10.7. The number of halogens is 1. The van der Waals surface area contributed by atoms with Gasteiger partial charge < -0.3 is 19.3 Å². The van der Waals surface area contributed by atoms with Crippen LogP contribution in [0.15, 0.2) is 60.0 Å². The van der Waals surface area contributed by atoms with Crippen molar-refractivity contribution in [1.29, 1.82) is 0 Å². The number of nitrogens with zero attached hydrogens (tertiary/aromatic N) is 2. The maximum Gasteiger partial charge on any atom is 0.254 e. The number of thiophene rings is 1. The number of carbonyl (C=O) groups excluding carboxylic acids is 2. The van der Waals surface area contributed by atoms with E-state index in [-0.39, 0.29) is 30.3 Å². The first kappa shape index (κ1) is 26.0. The van der Waals surface area contributed by atoms with E-state index in [1.165, 1.54) is 4.88 Å². The summed E-state index contributed by atoms with van der Waals surface area (Å²) in [6.07, 6.45) is 0.796. The maximum absolute atomic E-state index is 13.7. The highest BCUT2D eigenvalue weighted by atomic mass is 35.5. The van der Waals surface area contributed by atoms with E-state index in [0.29, 0.717) is 41.8 Å². The maximum atomic E-state index is 13.7. The molecule has 4 rings (SSSR count). The molecule has 1 unspecified atom stereocenters. The van der Waals surface area contributed by atoms with Gasteiger partial charge in [0.25, 0.3) is 5.91 Å². The number of ether oxygens (including phenoxy) is 2. The van der Waals surface area contributed by atoms with Crippen LogP contribution in [0.2, 0.25) is 5.02 Å². The quantitative estimate of drug-likeness (QED) is 0.358. The Morgan fingerprint density at radius 1 is 1.14 bits per heavy atom. The number of fused-ring (bicyclic) bond motifs is 1. The smallest absolute Gasteiger partial charge is 0.254 e. The molecule has 3 aromatic rings. The first-order valence-corrected chi connectivity index (χ1v) is 13.3. The lowest BCUT2D eigenvalue weighted by Gasteiger charge is -2.37. The fraction of sp³-hybridized carbons (Fsp3) is 0.357. The highest BCUT2D eigenvalue weighted by Gasteiger charge is 2.33. The molecule has 0 saturated carbocycles. The van der Waals surface area contributed by atoms with Crippen LogP contribution in [0.25, 0.3) is 0 Å². The third kappa shape index (κ3) is 6.20. The normalized spacial score (nSPS) is 14.9. The summed E-state index contributed by atoms with van der Waals surface area (Å²) in [5.41, 5.74) is 1.62. The van der Waals surface area contributed by atoms with Crippen LogP contribution in [-0.2, 0) is 11.2 Å². The zero-order chi connectivity index (χ0) is 25.7. The van der Waals surface area contributed by atoms with Gasteiger partial charge in [-0.15, -0.1) is 11.3 Å². The molecule has 190 valence electrons. The average molecular weight is 527 g/mol. The molecule has 8 heteroatoms. The molecule has 0 bridgehead atoms. The molecular formula is C28H31ClN2O4S. The summed E-state index contributed by atoms with van der Waals surface area (Å²) in [7, 11) is 1.57. The monoisotopic (exact) mass is 526 g/mol. The number of amides is 2. The van der Waals surface area contributed by atoms with E-state index in [0.717, 1.165) is 12.0 Å². The summed E-state index contributed by atoms with van der Waals surface area (Å²) in [6.45, 7) is 5.47. The number of rotatable bonds is 9. The molecular weight excluding hydrogens is 496 g/mol. The molecule has 2 amide bonds. The molecule has 2 heterocycles. The van der Waals surface area contributed by atoms with Crippen LogP contribution in [0.1, 0.15) is 40.7 Å². The Kier molecular flexibility index (Phi) is 8.54. The first-order chi connectivity index (χ1) is 17.4. The van der Waals surface area contributed by atoms with Crippen molar-refractivity contribution in [2.75, 3.05) is 33.4 Å². The number of hydrogen-bond acceptors (Lipinski definition) is 5. The lowest BCUT2D eigenvalue weighted by molar-refractivity contribution is -0.135. The van der Waals surface area contributed by atoms with Gasteiger partial charge in [-0.3, -0.25) is 9.59 Å². The molecule has 0 saturated heterocycles. The summed E-state index contributed by atoms with van der Waals surface area (Å²) in [5.74, 6) is 1.24. The molecule has 0 aliphatic carbocycles. The Morgan fingerprint density at radius 2 is 1.92 bits per heavy atom. The SMILES string of the molecule is COc1cccc(C(=O)N(CC(=O)N2CCc3sccc3C2COc2ccc(Cl)cc2)CC(C)C)c1. The molecule has 0 radical (unpaired) electrons. The third-order valence-corrected chi connectivity index (χ3v) is 7.40. The summed E-state index contributed by atoms with van der Waals surface area (Å²) >= 11 is 7.71. The van der Waals surface area contributed by atoms with Crippen molar-refractivity contribution in [3.8, 4) is 11.5 Å². The number of methoxy groups -OCH3 is 1. The van der Waals surface area contributed by atoms with Gasteiger partial charge in [-0.1, -0.05) is 31.5 Å². The van der Waals surface area contributed by atoms with Crippen LogP contribution in [0, 0.1) is 5.92 Å². The predicted molar refractivity (Wildman–Crippen MR) is 143 cm³/mol. The molecule has 1 aromatic heterocycles. The molecule has 0 fully saturated rings. The van der Waals surface area contributed by atoms with Crippen LogP contribution in [0.5, 0.6) is 11.5 Å². The first-order valence-electron chi connectivity index (χ1n) is 12.0. The lowest BCUT2D eigenvalue weighted by atomic mass is 10.00. The van der Waals surface area contributed by atoms with Crippen molar-refractivity contribution in [3.63, 3.8) is 0 Å². The van der Waals surface area contributed by atoms with Crippen LogP contribution in [0.3, 0.4) is 0 Å². The highest BCUT2D eigenvalue weighted by Crippen LogP contribution is 2.34. The molecule has 1 aliphatic heterocycles. The second-order valence-electron chi connectivity index (χ2n) is 9.23. The van der Waals surface area contributed by atoms with E-state index >= 15 is 0 Å². The van der Waals surface area contributed by atoms with E-state index in [9.17, 15) is 9.59 Å². The standard InChI is InChI=1S/C28H31ClN2O4S/c1-19(2)16-30(28(33)20-5-4-6-23(15-20)34-3)17-27(32)31-13-11-26-24(12-14-36-26)25(31)18-35-22-9-7-21(29)8-10-22/h4-10,12,14-15,19,25H,11,13,16-18H2,1-3H3. The van der Waals surface area contributed by atoms with Gasteiger partial charge in [-0.2, -0.15) is 0 Å². The molecule has 1 aliphatic rings. The number of hydrogen-bond donors (Lipinski definition) is 0. The molecule has 1 atom stereocenters. The minimum Gasteiger partial charge on any atom is -0.497 e. The van der Waals surface area contributed by atoms with Gasteiger partial charge in [0.2, 0.25) is 5.91 Å². The molecule has 36 heavy (non-hydrogen) atoms. The van der Waals surface area contributed by atoms with E-state index < -0.39 is 0 Å². The van der Waals surface area contributed by atoms with Gasteiger partial charge in [-0.05, 0) is 71.8 Å². The highest BCUT2D eigenvalue weighted by molar-refractivity contribution is 7.10. The third-order valence-electron chi connectivity index (χ3n) is 6.15. The molecule has 2 aromatic carbocycles. The van der Waals surface area contributed by atoms with Crippen molar-refractivity contribution in [2.45, 2.75) is 26.3 Å². The Morgan fingerprint density at radius 3 is 2.64 bits per heavy atom. The van der Waals surface area contributed by atoms with Crippen molar-refractivity contribution < 1.29 is 19.1 Å². The minimum absolute atomic E-state index is 0.00510. The van der Waals surface area contributed by atoms with Crippen molar-refractivity contribution >= 4 is 34.8 Å². The van der Waals surface area contributed by atoms with E-state index in [1.807, 2.05) is 30.9 Å². The van der Waals surface area contributed by atoms with Crippen molar-refractivity contribution in [2.24, 2.45) is 5.92 Å². The Labute approximate surface area is 221 Å². The molecule has 6 nitrogen and oxygen atoms in total. The van der Waals surface area contributed by atoms with Gasteiger partial charge in [0, 0.05) is 28.6 Å². The van der Waals surface area contributed by atoms with Crippen LogP contribution in [-0.4, -0.2) is 55.0 Å². The van der Waals surface area contributed by atoms with Crippen LogP contribution in [0.4, 0.5) is 0 Å². The summed E-state index contributed by atoms with van der Waals surface area (Å²) in [4.78, 5) is 31.9. The van der Waals surface area contributed by atoms with E-state index in [1.54, 1.807) is 59.7 Å². The summed E-state index contributed by atoms with van der Waals surface area (Å²) in [6, 6.07) is 16.1. The number of benzene rings is 2. The van der Waals surface area contributed by atoms with Gasteiger partial charge in [-0.25, -0.2) is 0 Å². The zero-order valence-electron chi connectivity index (χ0n) is 20.8. The van der Waals surface area contributed by atoms with Gasteiger partial charge in [0.05, 0.1) is 13.2 Å². The fourth-order valence-corrected chi connectivity index (χ4v) is 5.49. The predicted octanol–water partition coefficient (Wildman–Crippen LogP) is 5.71.